The van der Waals surface area contributed by atoms with E-state index in [1.165, 1.54) is 18.2 Å². The van der Waals surface area contributed by atoms with Crippen molar-refractivity contribution in [1.29, 1.82) is 0 Å². The number of hydrogen-bond donors (Lipinski definition) is 2. The van der Waals surface area contributed by atoms with Gasteiger partial charge in [-0.05, 0) is 49.4 Å². The van der Waals surface area contributed by atoms with Crippen molar-refractivity contribution in [3.05, 3.63) is 64.1 Å². The first-order valence-electron chi connectivity index (χ1n) is 7.46. The van der Waals surface area contributed by atoms with Gasteiger partial charge in [-0.3, -0.25) is 9.59 Å². The number of halogens is 2. The van der Waals surface area contributed by atoms with Crippen LogP contribution >= 0.6 is 15.9 Å². The Balaban J connectivity index is 1.65. The molecule has 2 N–H and O–H groups in total. The number of rotatable bonds is 4. The van der Waals surface area contributed by atoms with Crippen molar-refractivity contribution in [3.8, 4) is 0 Å². The lowest BCUT2D eigenvalue weighted by Crippen LogP contribution is -2.32. The molecule has 5 nitrogen and oxygen atoms in total. The molecule has 0 saturated heterocycles. The largest absolute Gasteiger partial charge is 0.451 e. The van der Waals surface area contributed by atoms with E-state index < -0.39 is 11.7 Å². The van der Waals surface area contributed by atoms with Crippen LogP contribution in [0.5, 0.6) is 0 Å². The molecule has 1 aromatic heterocycles. The summed E-state index contributed by atoms with van der Waals surface area (Å²) >= 11 is 3.31. The van der Waals surface area contributed by atoms with E-state index in [1.54, 1.807) is 31.2 Å². The molecule has 1 heterocycles. The smallest absolute Gasteiger partial charge is 0.287 e. The molecule has 7 heteroatoms. The second kappa shape index (κ2) is 7.06. The van der Waals surface area contributed by atoms with Crippen LogP contribution in [0, 0.1) is 12.7 Å². The van der Waals surface area contributed by atoms with Crippen molar-refractivity contribution < 1.29 is 18.4 Å². The fourth-order valence-electron chi connectivity index (χ4n) is 2.39. The quantitative estimate of drug-likeness (QED) is 0.689. The van der Waals surface area contributed by atoms with Crippen LogP contribution in [0.25, 0.3) is 11.0 Å². The van der Waals surface area contributed by atoms with Crippen LogP contribution in [0.4, 0.5) is 10.1 Å². The molecule has 2 aromatic carbocycles. The molecule has 0 spiro atoms. The van der Waals surface area contributed by atoms with Gasteiger partial charge in [-0.15, -0.1) is 0 Å². The first kappa shape index (κ1) is 17.2. The standard InChI is InChI=1S/C18H14BrFN2O3/c1-10-14-8-12(20)4-7-15(14)25-17(10)18(24)21-9-16(23)22-13-5-2-11(19)3-6-13/h2-8H,9H2,1H3,(H,21,24)(H,22,23). The van der Waals surface area contributed by atoms with Crippen molar-refractivity contribution in [2.75, 3.05) is 11.9 Å². The van der Waals surface area contributed by atoms with Crippen LogP contribution in [0.15, 0.2) is 51.4 Å². The lowest BCUT2D eigenvalue weighted by atomic mass is 10.1. The first-order chi connectivity index (χ1) is 11.9. The van der Waals surface area contributed by atoms with Crippen molar-refractivity contribution >= 4 is 44.4 Å². The summed E-state index contributed by atoms with van der Waals surface area (Å²) in [4.78, 5) is 24.2. The molecule has 2 amide bonds. The van der Waals surface area contributed by atoms with Crippen molar-refractivity contribution in [2.24, 2.45) is 0 Å². The molecule has 0 unspecified atom stereocenters. The average Bonchev–Trinajstić information content (AvgIpc) is 2.91. The minimum absolute atomic E-state index is 0.0667. The Bertz CT molecular complexity index is 951. The van der Waals surface area contributed by atoms with Gasteiger partial charge in [0.25, 0.3) is 5.91 Å². The monoisotopic (exact) mass is 404 g/mol. The third-order valence-electron chi connectivity index (χ3n) is 3.64. The number of carbonyl (C=O) groups is 2. The van der Waals surface area contributed by atoms with Crippen LogP contribution in [0.3, 0.4) is 0 Å². The highest BCUT2D eigenvalue weighted by Crippen LogP contribution is 2.25. The number of aryl methyl sites for hydroxylation is 1. The number of nitrogens with one attached hydrogen (secondary N) is 2. The van der Waals surface area contributed by atoms with E-state index in [9.17, 15) is 14.0 Å². The topological polar surface area (TPSA) is 71.3 Å². The lowest BCUT2D eigenvalue weighted by Gasteiger charge is -2.06. The van der Waals surface area contributed by atoms with E-state index in [1.807, 2.05) is 0 Å². The van der Waals surface area contributed by atoms with Gasteiger partial charge in [0, 0.05) is 21.1 Å². The molecule has 0 aliphatic rings. The molecular weight excluding hydrogens is 391 g/mol. The number of benzene rings is 2. The molecule has 3 rings (SSSR count). The van der Waals surface area contributed by atoms with E-state index in [4.69, 9.17) is 4.42 Å². The predicted octanol–water partition coefficient (Wildman–Crippen LogP) is 4.01. The van der Waals surface area contributed by atoms with Crippen LogP contribution in [-0.2, 0) is 4.79 Å². The summed E-state index contributed by atoms with van der Waals surface area (Å²) in [5.41, 5.74) is 1.57. The summed E-state index contributed by atoms with van der Waals surface area (Å²) in [6.45, 7) is 1.46. The second-order valence-corrected chi connectivity index (χ2v) is 6.35. The highest BCUT2D eigenvalue weighted by Gasteiger charge is 2.18. The molecule has 0 fully saturated rings. The highest BCUT2D eigenvalue weighted by molar-refractivity contribution is 9.10. The number of hydrogen-bond acceptors (Lipinski definition) is 3. The highest BCUT2D eigenvalue weighted by atomic mass is 79.9. The SMILES string of the molecule is Cc1c(C(=O)NCC(=O)Nc2ccc(Br)cc2)oc2ccc(F)cc12. The maximum absolute atomic E-state index is 13.3. The molecular formula is C18H14BrFN2O3. The van der Waals surface area contributed by atoms with Gasteiger partial charge in [0.05, 0.1) is 6.54 Å². The van der Waals surface area contributed by atoms with Crippen molar-refractivity contribution in [3.63, 3.8) is 0 Å². The molecule has 0 aliphatic carbocycles. The van der Waals surface area contributed by atoms with Gasteiger partial charge >= 0.3 is 0 Å². The summed E-state index contributed by atoms with van der Waals surface area (Å²) in [5, 5.41) is 5.70. The van der Waals surface area contributed by atoms with Crippen LogP contribution in [0.1, 0.15) is 16.1 Å². The number of furan rings is 1. The van der Waals surface area contributed by atoms with E-state index >= 15 is 0 Å². The van der Waals surface area contributed by atoms with Crippen LogP contribution in [0.2, 0.25) is 0 Å². The minimum atomic E-state index is -0.528. The fraction of sp³-hybridized carbons (Fsp3) is 0.111. The maximum Gasteiger partial charge on any atom is 0.287 e. The van der Waals surface area contributed by atoms with Crippen LogP contribution in [-0.4, -0.2) is 18.4 Å². The molecule has 0 aliphatic heterocycles. The molecule has 0 saturated carbocycles. The van der Waals surface area contributed by atoms with Gasteiger partial charge in [-0.1, -0.05) is 15.9 Å². The van der Waals surface area contributed by atoms with Gasteiger partial charge in [0.1, 0.15) is 11.4 Å². The van der Waals surface area contributed by atoms with Gasteiger partial charge in [-0.25, -0.2) is 4.39 Å². The van der Waals surface area contributed by atoms with Gasteiger partial charge in [-0.2, -0.15) is 0 Å². The molecule has 3 aromatic rings. The van der Waals surface area contributed by atoms with E-state index in [0.717, 1.165) is 4.47 Å². The zero-order valence-corrected chi connectivity index (χ0v) is 14.8. The molecule has 0 atom stereocenters. The van der Waals surface area contributed by atoms with Crippen molar-refractivity contribution in [2.45, 2.75) is 6.92 Å². The molecule has 0 radical (unpaired) electrons. The Morgan fingerprint density at radius 1 is 1.16 bits per heavy atom. The third kappa shape index (κ3) is 3.88. The normalized spacial score (nSPS) is 10.7. The van der Waals surface area contributed by atoms with E-state index in [-0.39, 0.29) is 18.2 Å². The summed E-state index contributed by atoms with van der Waals surface area (Å²) in [6, 6.07) is 11.1. The predicted molar refractivity (Wildman–Crippen MR) is 96.0 cm³/mol. The van der Waals surface area contributed by atoms with Crippen LogP contribution < -0.4 is 10.6 Å². The Kier molecular flexibility index (Phi) is 4.85. The van der Waals surface area contributed by atoms with Crippen molar-refractivity contribution in [1.82, 2.24) is 5.32 Å². The van der Waals surface area contributed by atoms with E-state index in [2.05, 4.69) is 26.6 Å². The molecule has 25 heavy (non-hydrogen) atoms. The fourth-order valence-corrected chi connectivity index (χ4v) is 2.65. The number of carbonyl (C=O) groups excluding carboxylic acids is 2. The Morgan fingerprint density at radius 3 is 2.60 bits per heavy atom. The number of amides is 2. The number of fused-ring (bicyclic) bond motifs is 1. The molecule has 128 valence electrons. The Labute approximate surface area is 151 Å². The van der Waals surface area contributed by atoms with Gasteiger partial charge < -0.3 is 15.1 Å². The minimum Gasteiger partial charge on any atom is -0.451 e. The zero-order valence-electron chi connectivity index (χ0n) is 13.2. The third-order valence-corrected chi connectivity index (χ3v) is 4.17. The summed E-state index contributed by atoms with van der Waals surface area (Å²) in [5.74, 6) is -1.23. The van der Waals surface area contributed by atoms with Gasteiger partial charge in [0.2, 0.25) is 5.91 Å². The molecule has 0 bridgehead atoms. The second-order valence-electron chi connectivity index (χ2n) is 5.43. The summed E-state index contributed by atoms with van der Waals surface area (Å²) in [6.07, 6.45) is 0. The van der Waals surface area contributed by atoms with E-state index in [0.29, 0.717) is 22.2 Å². The maximum atomic E-state index is 13.3. The lowest BCUT2D eigenvalue weighted by molar-refractivity contribution is -0.115. The Hall–Kier alpha value is -2.67. The number of anilines is 1. The summed E-state index contributed by atoms with van der Waals surface area (Å²) < 4.78 is 19.7. The summed E-state index contributed by atoms with van der Waals surface area (Å²) in [7, 11) is 0. The zero-order chi connectivity index (χ0) is 18.0. The Morgan fingerprint density at radius 2 is 1.88 bits per heavy atom. The first-order valence-corrected chi connectivity index (χ1v) is 8.25. The average molecular weight is 405 g/mol. The van der Waals surface area contributed by atoms with Gasteiger partial charge in [0.15, 0.2) is 5.76 Å².